The Hall–Kier alpha value is -2.52. The van der Waals surface area contributed by atoms with E-state index in [9.17, 15) is 4.79 Å². The van der Waals surface area contributed by atoms with Gasteiger partial charge in [0.2, 0.25) is 5.91 Å². The van der Waals surface area contributed by atoms with Crippen molar-refractivity contribution in [3.05, 3.63) is 41.8 Å². The molecule has 0 unspecified atom stereocenters. The molecule has 28 heavy (non-hydrogen) atoms. The molecule has 0 N–H and O–H groups in total. The molecule has 1 amide bonds. The van der Waals surface area contributed by atoms with Crippen molar-refractivity contribution in [2.24, 2.45) is 0 Å². The van der Waals surface area contributed by atoms with Gasteiger partial charge in [-0.05, 0) is 23.6 Å². The van der Waals surface area contributed by atoms with Crippen LogP contribution < -0.4 is 9.64 Å². The molecule has 0 bridgehead atoms. The number of para-hydroxylation sites is 2. The Morgan fingerprint density at radius 1 is 1.18 bits per heavy atom. The molecule has 9 heteroatoms. The maximum Gasteiger partial charge on any atom is 0.277 e. The van der Waals surface area contributed by atoms with Crippen LogP contribution in [0.3, 0.4) is 0 Å². The number of anilines is 1. The van der Waals surface area contributed by atoms with E-state index in [2.05, 4.69) is 15.1 Å². The summed E-state index contributed by atoms with van der Waals surface area (Å²) in [6.07, 6.45) is 0. The smallest absolute Gasteiger partial charge is 0.277 e. The summed E-state index contributed by atoms with van der Waals surface area (Å²) in [4.78, 5) is 17.6. The third kappa shape index (κ3) is 4.15. The number of amides is 1. The fraction of sp³-hybridized carbons (Fsp3) is 0.316. The number of carbonyl (C=O) groups is 1. The monoisotopic (exact) mass is 416 g/mol. The predicted molar refractivity (Wildman–Crippen MR) is 110 cm³/mol. The van der Waals surface area contributed by atoms with Crippen molar-refractivity contribution >= 4 is 34.7 Å². The van der Waals surface area contributed by atoms with Crippen LogP contribution in [0, 0.1) is 0 Å². The Balaban J connectivity index is 1.29. The van der Waals surface area contributed by atoms with Crippen LogP contribution in [0.5, 0.6) is 5.75 Å². The number of hydrogen-bond donors (Lipinski definition) is 0. The Kier molecular flexibility index (Phi) is 5.82. The molecule has 1 aliphatic rings. The molecule has 1 saturated heterocycles. The second-order valence-electron chi connectivity index (χ2n) is 6.18. The van der Waals surface area contributed by atoms with Gasteiger partial charge in [0.1, 0.15) is 5.75 Å². The van der Waals surface area contributed by atoms with Crippen LogP contribution >= 0.6 is 23.1 Å². The summed E-state index contributed by atoms with van der Waals surface area (Å²) in [6.45, 7) is 2.92. The highest BCUT2D eigenvalue weighted by atomic mass is 32.2. The van der Waals surface area contributed by atoms with Gasteiger partial charge < -0.3 is 19.0 Å². The van der Waals surface area contributed by atoms with Crippen LogP contribution in [0.15, 0.2) is 51.4 Å². The summed E-state index contributed by atoms with van der Waals surface area (Å²) in [5, 5.41) is 10.4. The summed E-state index contributed by atoms with van der Waals surface area (Å²) in [6, 6.07) is 11.8. The van der Waals surface area contributed by atoms with Crippen LogP contribution in [0.1, 0.15) is 0 Å². The number of hydrogen-bond acceptors (Lipinski definition) is 8. The van der Waals surface area contributed by atoms with Crippen molar-refractivity contribution in [3.63, 3.8) is 0 Å². The first-order chi connectivity index (χ1) is 13.7. The number of ether oxygens (including phenoxy) is 1. The maximum atomic E-state index is 12.5. The van der Waals surface area contributed by atoms with Gasteiger partial charge in [0.25, 0.3) is 11.1 Å². The van der Waals surface area contributed by atoms with E-state index >= 15 is 0 Å². The third-order valence-electron chi connectivity index (χ3n) is 4.52. The second-order valence-corrected chi connectivity index (χ2v) is 8.05. The first kappa shape index (κ1) is 18.8. The second kappa shape index (κ2) is 8.66. The number of aromatic nitrogens is 2. The third-order valence-corrected chi connectivity index (χ3v) is 6.18. The van der Waals surface area contributed by atoms with Crippen molar-refractivity contribution in [3.8, 4) is 16.5 Å². The van der Waals surface area contributed by atoms with Crippen molar-refractivity contribution in [2.45, 2.75) is 5.22 Å². The van der Waals surface area contributed by atoms with E-state index in [0.717, 1.165) is 29.4 Å². The lowest BCUT2D eigenvalue weighted by Crippen LogP contribution is -2.49. The van der Waals surface area contributed by atoms with Crippen LogP contribution in [0.4, 0.5) is 5.69 Å². The molecule has 0 aliphatic carbocycles. The van der Waals surface area contributed by atoms with Gasteiger partial charge in [-0.2, -0.15) is 0 Å². The molecule has 0 atom stereocenters. The van der Waals surface area contributed by atoms with Gasteiger partial charge in [-0.25, -0.2) is 0 Å². The molecule has 0 radical (unpaired) electrons. The highest BCUT2D eigenvalue weighted by Gasteiger charge is 2.23. The minimum atomic E-state index is 0.0838. The Labute approximate surface area is 171 Å². The fourth-order valence-corrected chi connectivity index (χ4v) is 4.38. The molecular formula is C19H20N4O3S2. The van der Waals surface area contributed by atoms with E-state index in [1.807, 2.05) is 46.7 Å². The summed E-state index contributed by atoms with van der Waals surface area (Å²) in [7, 11) is 1.68. The molecule has 146 valence electrons. The number of carbonyl (C=O) groups excluding carboxylic acids is 1. The number of thiophene rings is 1. The van der Waals surface area contributed by atoms with Crippen LogP contribution in [0.2, 0.25) is 0 Å². The van der Waals surface area contributed by atoms with Gasteiger partial charge in [0, 0.05) is 26.2 Å². The molecule has 0 saturated carbocycles. The molecule has 7 nitrogen and oxygen atoms in total. The standard InChI is InChI=1S/C19H20N4O3S2/c1-25-15-6-3-2-5-14(15)22-8-10-23(11-9-22)17(24)13-28-19-21-20-18(26-19)16-7-4-12-27-16/h2-7,12H,8-11,13H2,1H3. The number of benzene rings is 1. The van der Waals surface area contributed by atoms with Gasteiger partial charge >= 0.3 is 0 Å². The zero-order chi connectivity index (χ0) is 19.3. The minimum absolute atomic E-state index is 0.0838. The summed E-state index contributed by atoms with van der Waals surface area (Å²) in [5.41, 5.74) is 1.07. The van der Waals surface area contributed by atoms with E-state index in [1.54, 1.807) is 18.4 Å². The topological polar surface area (TPSA) is 71.7 Å². The molecular weight excluding hydrogens is 396 g/mol. The van der Waals surface area contributed by atoms with Gasteiger partial charge in [0.05, 0.1) is 23.4 Å². The zero-order valence-corrected chi connectivity index (χ0v) is 17.0. The molecule has 4 rings (SSSR count). The van der Waals surface area contributed by atoms with E-state index < -0.39 is 0 Å². The quantitative estimate of drug-likeness (QED) is 0.571. The van der Waals surface area contributed by atoms with Gasteiger partial charge in [-0.3, -0.25) is 4.79 Å². The molecule has 3 aromatic rings. The number of methoxy groups -OCH3 is 1. The number of rotatable bonds is 6. The predicted octanol–water partition coefficient (Wildman–Crippen LogP) is 3.25. The SMILES string of the molecule is COc1ccccc1N1CCN(C(=O)CSc2nnc(-c3cccs3)o2)CC1. The molecule has 1 fully saturated rings. The van der Waals surface area contributed by atoms with Crippen LogP contribution in [-0.4, -0.2) is 60.0 Å². The lowest BCUT2D eigenvalue weighted by atomic mass is 10.2. The Morgan fingerprint density at radius 2 is 2.00 bits per heavy atom. The normalized spacial score (nSPS) is 14.3. The molecule has 2 aromatic heterocycles. The van der Waals surface area contributed by atoms with Crippen molar-refractivity contribution in [2.75, 3.05) is 43.9 Å². The first-order valence-electron chi connectivity index (χ1n) is 8.90. The molecule has 1 aromatic carbocycles. The maximum absolute atomic E-state index is 12.5. The lowest BCUT2D eigenvalue weighted by molar-refractivity contribution is -0.128. The van der Waals surface area contributed by atoms with Crippen LogP contribution in [0.25, 0.3) is 10.8 Å². The largest absolute Gasteiger partial charge is 0.495 e. The van der Waals surface area contributed by atoms with E-state index in [0.29, 0.717) is 30.0 Å². The zero-order valence-electron chi connectivity index (χ0n) is 15.4. The van der Waals surface area contributed by atoms with Crippen molar-refractivity contribution in [1.29, 1.82) is 0 Å². The van der Waals surface area contributed by atoms with E-state index in [-0.39, 0.29) is 5.91 Å². The van der Waals surface area contributed by atoms with Gasteiger partial charge in [-0.15, -0.1) is 21.5 Å². The lowest BCUT2D eigenvalue weighted by Gasteiger charge is -2.36. The Bertz CT molecular complexity index is 921. The van der Waals surface area contributed by atoms with E-state index in [4.69, 9.17) is 9.15 Å². The number of thioether (sulfide) groups is 1. The number of piperazine rings is 1. The summed E-state index contributed by atoms with van der Waals surface area (Å²) in [5.74, 6) is 1.73. The average molecular weight is 417 g/mol. The number of nitrogens with zero attached hydrogens (tertiary/aromatic N) is 4. The first-order valence-corrected chi connectivity index (χ1v) is 10.8. The Morgan fingerprint density at radius 3 is 2.75 bits per heavy atom. The summed E-state index contributed by atoms with van der Waals surface area (Å²) < 4.78 is 11.1. The van der Waals surface area contributed by atoms with Gasteiger partial charge in [-0.1, -0.05) is 30.0 Å². The van der Waals surface area contributed by atoms with Gasteiger partial charge in [0.15, 0.2) is 0 Å². The fourth-order valence-electron chi connectivity index (χ4n) is 3.07. The van der Waals surface area contributed by atoms with Crippen molar-refractivity contribution < 1.29 is 13.9 Å². The van der Waals surface area contributed by atoms with Crippen molar-refractivity contribution in [1.82, 2.24) is 15.1 Å². The van der Waals surface area contributed by atoms with E-state index in [1.165, 1.54) is 11.8 Å². The summed E-state index contributed by atoms with van der Waals surface area (Å²) >= 11 is 2.83. The highest BCUT2D eigenvalue weighted by Crippen LogP contribution is 2.29. The van der Waals surface area contributed by atoms with Crippen LogP contribution in [-0.2, 0) is 4.79 Å². The molecule has 1 aliphatic heterocycles. The molecule has 0 spiro atoms. The molecule has 3 heterocycles. The minimum Gasteiger partial charge on any atom is -0.495 e. The average Bonchev–Trinajstić information content (AvgIpc) is 3.44. The highest BCUT2D eigenvalue weighted by molar-refractivity contribution is 7.99.